The van der Waals surface area contributed by atoms with Gasteiger partial charge in [-0.25, -0.2) is 4.79 Å². The van der Waals surface area contributed by atoms with Crippen LogP contribution >= 0.6 is 0 Å². The molecule has 5 aliphatic rings. The van der Waals surface area contributed by atoms with E-state index in [2.05, 4.69) is 31.3 Å². The van der Waals surface area contributed by atoms with Gasteiger partial charge in [0.25, 0.3) is 0 Å². The molecule has 3 aliphatic carbocycles. The van der Waals surface area contributed by atoms with E-state index in [1.165, 1.54) is 0 Å². The Labute approximate surface area is 221 Å². The molecule has 6 atom stereocenters. The van der Waals surface area contributed by atoms with Crippen LogP contribution in [0.25, 0.3) is 0 Å². The van der Waals surface area contributed by atoms with Crippen LogP contribution in [0.4, 0.5) is 11.4 Å². The van der Waals surface area contributed by atoms with Crippen molar-refractivity contribution in [3.8, 4) is 11.5 Å². The van der Waals surface area contributed by atoms with Crippen LogP contribution in [0.2, 0.25) is 0 Å². The largest absolute Gasteiger partial charge is 0.506 e. The Morgan fingerprint density at radius 2 is 1.89 bits per heavy atom. The third-order valence-corrected chi connectivity index (χ3v) is 9.47. The van der Waals surface area contributed by atoms with Gasteiger partial charge in [0.05, 0.1) is 17.4 Å². The van der Waals surface area contributed by atoms with E-state index in [9.17, 15) is 24.9 Å². The highest BCUT2D eigenvalue weighted by Gasteiger charge is 2.71. The number of phenols is 2. The second-order valence-corrected chi connectivity index (χ2v) is 11.8. The standard InChI is InChI=1S/C30H32N2O6/c1-28(12-11-23(34)32-24-20(33)9-8-19(25(24)35)27(36)37)22(31-18-6-4-3-5-7-18)10-13-30-15-17-14-21(26(28)30)38-29(17,2)16-30/h3-10,13,17,21,26,33,35H,11-12,14-16H2,1-2H3,(H,32,34)(H,36,37)/t17-,21+,26+,28-,29+,30+/m1/s1. The third-order valence-electron chi connectivity index (χ3n) is 9.47. The van der Waals surface area contributed by atoms with Gasteiger partial charge < -0.3 is 25.4 Å². The van der Waals surface area contributed by atoms with Crippen LogP contribution in [0.15, 0.2) is 59.6 Å². The number of benzene rings is 2. The predicted octanol–water partition coefficient (Wildman–Crippen LogP) is 5.44. The SMILES string of the molecule is C[C@]12C[C@@]34C=CC(=Nc5ccccc5)[C@@](C)(CCC(=O)Nc5c(O)ccc(C(=O)O)c5O)[C@@H]3[C@H](C[C@@H]1C4)O2. The first kappa shape index (κ1) is 24.7. The molecule has 0 unspecified atom stereocenters. The van der Waals surface area contributed by atoms with Crippen LogP contribution in [-0.4, -0.2) is 44.6 Å². The van der Waals surface area contributed by atoms with Gasteiger partial charge >= 0.3 is 5.97 Å². The Kier molecular flexibility index (Phi) is 5.47. The molecule has 8 heteroatoms. The smallest absolute Gasteiger partial charge is 0.339 e. The van der Waals surface area contributed by atoms with Crippen LogP contribution in [0.5, 0.6) is 11.5 Å². The van der Waals surface area contributed by atoms with E-state index in [4.69, 9.17) is 9.73 Å². The number of carboxylic acids is 1. The molecule has 1 amide bonds. The first-order valence-electron chi connectivity index (χ1n) is 13.1. The maximum absolute atomic E-state index is 13.1. The summed E-state index contributed by atoms with van der Waals surface area (Å²) < 4.78 is 6.66. The van der Waals surface area contributed by atoms with E-state index in [-0.39, 0.29) is 35.1 Å². The van der Waals surface area contributed by atoms with Crippen LogP contribution in [0.1, 0.15) is 56.3 Å². The molecule has 2 saturated heterocycles. The van der Waals surface area contributed by atoms with Gasteiger partial charge in [-0.1, -0.05) is 31.2 Å². The van der Waals surface area contributed by atoms with Crippen molar-refractivity contribution >= 4 is 29.0 Å². The third kappa shape index (κ3) is 3.65. The van der Waals surface area contributed by atoms with Crippen molar-refractivity contribution in [2.24, 2.45) is 27.7 Å². The Bertz CT molecular complexity index is 1390. The number of amides is 1. The molecule has 2 heterocycles. The molecule has 4 N–H and O–H groups in total. The van der Waals surface area contributed by atoms with E-state index < -0.39 is 34.4 Å². The molecule has 2 saturated carbocycles. The monoisotopic (exact) mass is 516 g/mol. The lowest BCUT2D eigenvalue weighted by Crippen LogP contribution is -2.56. The number of hydrogen-bond acceptors (Lipinski definition) is 6. The fourth-order valence-electron chi connectivity index (χ4n) is 7.91. The number of aromatic carboxylic acids is 1. The molecule has 0 aromatic heterocycles. The molecule has 2 aliphatic heterocycles. The zero-order chi connectivity index (χ0) is 26.9. The minimum Gasteiger partial charge on any atom is -0.506 e. The van der Waals surface area contributed by atoms with Gasteiger partial charge in [0.1, 0.15) is 17.0 Å². The Balaban J connectivity index is 1.32. The highest BCUT2D eigenvalue weighted by atomic mass is 16.5. The van der Waals surface area contributed by atoms with Crippen molar-refractivity contribution < 1.29 is 29.6 Å². The number of ether oxygens (including phenoxy) is 1. The number of aromatic hydroxyl groups is 2. The van der Waals surface area contributed by atoms with Gasteiger partial charge in [0.2, 0.25) is 5.91 Å². The van der Waals surface area contributed by atoms with Crippen molar-refractivity contribution in [3.63, 3.8) is 0 Å². The highest BCUT2D eigenvalue weighted by Crippen LogP contribution is 2.71. The second-order valence-electron chi connectivity index (χ2n) is 11.8. The second kappa shape index (κ2) is 8.43. The fraction of sp³-hybridized carbons (Fsp3) is 0.433. The number of hydrogen-bond donors (Lipinski definition) is 4. The van der Waals surface area contributed by atoms with Crippen molar-refractivity contribution in [2.45, 2.75) is 57.7 Å². The summed E-state index contributed by atoms with van der Waals surface area (Å²) in [5.74, 6) is -2.15. The van der Waals surface area contributed by atoms with Crippen molar-refractivity contribution in [3.05, 3.63) is 60.2 Å². The zero-order valence-electron chi connectivity index (χ0n) is 21.5. The lowest BCUT2D eigenvalue weighted by Gasteiger charge is -2.56. The molecule has 38 heavy (non-hydrogen) atoms. The van der Waals surface area contributed by atoms with Crippen molar-refractivity contribution in [2.75, 3.05) is 5.32 Å². The molecule has 7 rings (SSSR count). The van der Waals surface area contributed by atoms with Crippen LogP contribution in [-0.2, 0) is 9.53 Å². The molecule has 1 spiro atoms. The fourth-order valence-corrected chi connectivity index (χ4v) is 7.91. The molecular weight excluding hydrogens is 484 g/mol. The summed E-state index contributed by atoms with van der Waals surface area (Å²) in [7, 11) is 0. The summed E-state index contributed by atoms with van der Waals surface area (Å²) in [6.45, 7) is 4.41. The first-order chi connectivity index (χ1) is 18.0. The van der Waals surface area contributed by atoms with Gasteiger partial charge in [-0.05, 0) is 74.3 Å². The van der Waals surface area contributed by atoms with E-state index in [1.54, 1.807) is 0 Å². The molecule has 198 valence electrons. The molecular formula is C30H32N2O6. The van der Waals surface area contributed by atoms with Gasteiger partial charge in [0.15, 0.2) is 5.75 Å². The zero-order valence-corrected chi connectivity index (χ0v) is 21.5. The van der Waals surface area contributed by atoms with Gasteiger partial charge in [-0.2, -0.15) is 0 Å². The van der Waals surface area contributed by atoms with Crippen molar-refractivity contribution in [1.82, 2.24) is 0 Å². The number of aliphatic imine (C=N–C) groups is 1. The molecule has 4 bridgehead atoms. The van der Waals surface area contributed by atoms with Crippen LogP contribution in [0, 0.1) is 22.7 Å². The number of allylic oxidation sites excluding steroid dienone is 2. The number of para-hydroxylation sites is 1. The quantitative estimate of drug-likeness (QED) is 0.379. The van der Waals surface area contributed by atoms with E-state index >= 15 is 0 Å². The molecule has 2 aromatic carbocycles. The van der Waals surface area contributed by atoms with E-state index in [1.807, 2.05) is 30.3 Å². The Morgan fingerprint density at radius 3 is 2.61 bits per heavy atom. The van der Waals surface area contributed by atoms with E-state index in [0.717, 1.165) is 42.8 Å². The number of carboxylic acid groups (broad SMARTS) is 1. The number of nitrogens with zero attached hydrogens (tertiary/aromatic N) is 1. The summed E-state index contributed by atoms with van der Waals surface area (Å²) in [4.78, 5) is 29.6. The summed E-state index contributed by atoms with van der Waals surface area (Å²) in [6.07, 6.45) is 8.20. The minimum absolute atomic E-state index is 0.00781. The molecule has 2 aromatic rings. The Hall–Kier alpha value is -3.65. The molecule has 4 fully saturated rings. The van der Waals surface area contributed by atoms with Gasteiger partial charge in [-0.15, -0.1) is 0 Å². The lowest BCUT2D eigenvalue weighted by molar-refractivity contribution is -0.145. The van der Waals surface area contributed by atoms with Crippen molar-refractivity contribution in [1.29, 1.82) is 0 Å². The number of phenolic OH excluding ortho intramolecular Hbond substituents is 1. The Morgan fingerprint density at radius 1 is 1.13 bits per heavy atom. The number of carbonyl (C=O) groups excluding carboxylic acids is 1. The summed E-state index contributed by atoms with van der Waals surface area (Å²) in [6, 6.07) is 12.0. The summed E-state index contributed by atoms with van der Waals surface area (Å²) in [5.41, 5.74) is 0.510. The maximum atomic E-state index is 13.1. The number of rotatable bonds is 6. The first-order valence-corrected chi connectivity index (χ1v) is 13.1. The van der Waals surface area contributed by atoms with Gasteiger partial charge in [0, 0.05) is 23.5 Å². The van der Waals surface area contributed by atoms with Gasteiger partial charge in [-0.3, -0.25) is 9.79 Å². The summed E-state index contributed by atoms with van der Waals surface area (Å²) in [5, 5.41) is 32.4. The number of nitrogens with one attached hydrogen (secondary N) is 1. The number of anilines is 1. The number of carbonyl (C=O) groups is 2. The maximum Gasteiger partial charge on any atom is 0.339 e. The lowest BCUT2D eigenvalue weighted by atomic mass is 9.51. The highest BCUT2D eigenvalue weighted by molar-refractivity contribution is 6.03. The molecule has 0 radical (unpaired) electrons. The normalized spacial score (nSPS) is 35.4. The van der Waals surface area contributed by atoms with Crippen LogP contribution in [0.3, 0.4) is 0 Å². The minimum atomic E-state index is -1.36. The van der Waals surface area contributed by atoms with E-state index in [0.29, 0.717) is 12.3 Å². The topological polar surface area (TPSA) is 128 Å². The average Bonchev–Trinajstić information content (AvgIpc) is 3.23. The molecule has 8 nitrogen and oxygen atoms in total. The van der Waals surface area contributed by atoms with Crippen LogP contribution < -0.4 is 5.32 Å². The summed E-state index contributed by atoms with van der Waals surface area (Å²) >= 11 is 0. The average molecular weight is 517 g/mol. The predicted molar refractivity (Wildman–Crippen MR) is 142 cm³/mol.